The summed E-state index contributed by atoms with van der Waals surface area (Å²) in [5, 5.41) is 27.1. The zero-order chi connectivity index (χ0) is 19.9. The highest BCUT2D eigenvalue weighted by Gasteiger charge is 2.27. The Morgan fingerprint density at radius 1 is 1.29 bits per heavy atom. The first kappa shape index (κ1) is 19.8. The number of nitriles is 1. The van der Waals surface area contributed by atoms with Gasteiger partial charge in [0.15, 0.2) is 0 Å². The van der Waals surface area contributed by atoms with Crippen LogP contribution in [0.2, 0.25) is 0 Å². The Morgan fingerprint density at radius 2 is 2.07 bits per heavy atom. The second kappa shape index (κ2) is 9.29. The average molecular weight is 377 g/mol. The van der Waals surface area contributed by atoms with Crippen molar-refractivity contribution < 1.29 is 15.1 Å². The molecule has 0 saturated carbocycles. The molecule has 1 aliphatic rings. The molecule has 0 fully saturated rings. The van der Waals surface area contributed by atoms with Crippen LogP contribution in [0.4, 0.5) is 0 Å². The minimum absolute atomic E-state index is 0.0825. The predicted octanol–water partition coefficient (Wildman–Crippen LogP) is 2.56. The lowest BCUT2D eigenvalue weighted by atomic mass is 10.0. The van der Waals surface area contributed by atoms with E-state index in [9.17, 15) is 9.90 Å². The van der Waals surface area contributed by atoms with E-state index in [2.05, 4.69) is 23.1 Å². The minimum atomic E-state index is -0.560. The van der Waals surface area contributed by atoms with Gasteiger partial charge in [0, 0.05) is 25.2 Å². The minimum Gasteiger partial charge on any atom is -0.395 e. The number of aliphatic hydroxyl groups excluding tert-OH is 1. The number of aryl methyl sites for hydroxylation is 1. The maximum absolute atomic E-state index is 11.2. The van der Waals surface area contributed by atoms with Gasteiger partial charge in [0.1, 0.15) is 0 Å². The number of hydrogen-bond acceptors (Lipinski definition) is 5. The Bertz CT molecular complexity index is 900. The number of nitrogens with zero attached hydrogens (tertiary/aromatic N) is 2. The van der Waals surface area contributed by atoms with Crippen molar-refractivity contribution in [3.05, 3.63) is 76.4 Å². The van der Waals surface area contributed by atoms with Gasteiger partial charge in [-0.2, -0.15) is 5.26 Å². The molecule has 0 aromatic heterocycles. The number of hydrogen-bond donors (Lipinski definition) is 3. The summed E-state index contributed by atoms with van der Waals surface area (Å²) >= 11 is 0. The van der Waals surface area contributed by atoms with E-state index in [4.69, 9.17) is 10.5 Å². The van der Waals surface area contributed by atoms with Crippen molar-refractivity contribution in [2.45, 2.75) is 25.4 Å². The van der Waals surface area contributed by atoms with Gasteiger partial charge in [-0.25, -0.2) is 5.48 Å². The standard InChI is InChI=1S/C22H23N3O3/c23-14-17-1-3-18(4-2-17)15-25(11-12-26)21-9-7-19-13-16(5-8-20(19)21)6-10-22(27)24-28/h1-6,8,10,13,21,26,28H,7,9,11-12,15H2,(H,24,27). The molecule has 0 spiro atoms. The van der Waals surface area contributed by atoms with Crippen LogP contribution in [0, 0.1) is 11.3 Å². The lowest BCUT2D eigenvalue weighted by Gasteiger charge is -2.29. The van der Waals surface area contributed by atoms with Gasteiger partial charge in [-0.1, -0.05) is 30.3 Å². The summed E-state index contributed by atoms with van der Waals surface area (Å²) in [4.78, 5) is 13.4. The number of nitrogens with one attached hydrogen (secondary N) is 1. The molecule has 1 atom stereocenters. The maximum atomic E-state index is 11.2. The lowest BCUT2D eigenvalue weighted by Crippen LogP contribution is -2.30. The Hall–Kier alpha value is -2.98. The third-order valence-corrected chi connectivity index (χ3v) is 5.05. The number of aliphatic hydroxyl groups is 1. The molecule has 6 heteroatoms. The number of fused-ring (bicyclic) bond motifs is 1. The summed E-state index contributed by atoms with van der Waals surface area (Å²) in [5.41, 5.74) is 6.71. The second-order valence-corrected chi connectivity index (χ2v) is 6.82. The fourth-order valence-electron chi connectivity index (χ4n) is 3.70. The molecule has 1 amide bonds. The molecule has 0 bridgehead atoms. The number of carbonyl (C=O) groups is 1. The quantitative estimate of drug-likeness (QED) is 0.391. The van der Waals surface area contributed by atoms with Crippen LogP contribution in [0.1, 0.15) is 40.3 Å². The lowest BCUT2D eigenvalue weighted by molar-refractivity contribution is -0.124. The molecule has 0 aliphatic heterocycles. The van der Waals surface area contributed by atoms with Gasteiger partial charge in [-0.3, -0.25) is 14.9 Å². The van der Waals surface area contributed by atoms with Crippen molar-refractivity contribution >= 4 is 12.0 Å². The SMILES string of the molecule is N#Cc1ccc(CN(CCO)C2CCc3cc(C=CC(=O)NO)ccc32)cc1. The third kappa shape index (κ3) is 4.65. The normalized spacial score (nSPS) is 15.6. The van der Waals surface area contributed by atoms with E-state index in [0.29, 0.717) is 18.7 Å². The largest absolute Gasteiger partial charge is 0.395 e. The van der Waals surface area contributed by atoms with Gasteiger partial charge in [0.05, 0.1) is 18.2 Å². The van der Waals surface area contributed by atoms with Crippen molar-refractivity contribution in [3.8, 4) is 6.07 Å². The van der Waals surface area contributed by atoms with E-state index in [1.165, 1.54) is 17.2 Å². The molecule has 6 nitrogen and oxygen atoms in total. The molecular weight excluding hydrogens is 354 g/mol. The average Bonchev–Trinajstić information content (AvgIpc) is 3.15. The first-order chi connectivity index (χ1) is 13.6. The Morgan fingerprint density at radius 3 is 2.75 bits per heavy atom. The number of amides is 1. The van der Waals surface area contributed by atoms with E-state index >= 15 is 0 Å². The summed E-state index contributed by atoms with van der Waals surface area (Å²) in [6.45, 7) is 1.36. The molecule has 28 heavy (non-hydrogen) atoms. The van der Waals surface area contributed by atoms with Crippen LogP contribution in [-0.4, -0.2) is 34.3 Å². The molecule has 0 heterocycles. The van der Waals surface area contributed by atoms with Crippen LogP contribution in [0.3, 0.4) is 0 Å². The highest BCUT2D eigenvalue weighted by molar-refractivity contribution is 5.90. The fraction of sp³-hybridized carbons (Fsp3) is 0.273. The van der Waals surface area contributed by atoms with Gasteiger partial charge < -0.3 is 5.11 Å². The zero-order valence-corrected chi connectivity index (χ0v) is 15.5. The molecule has 1 unspecified atom stereocenters. The van der Waals surface area contributed by atoms with Crippen LogP contribution in [0.5, 0.6) is 0 Å². The molecular formula is C22H23N3O3. The molecule has 3 rings (SSSR count). The maximum Gasteiger partial charge on any atom is 0.267 e. The molecule has 2 aromatic carbocycles. The zero-order valence-electron chi connectivity index (χ0n) is 15.5. The second-order valence-electron chi connectivity index (χ2n) is 6.82. The predicted molar refractivity (Wildman–Crippen MR) is 105 cm³/mol. The topological polar surface area (TPSA) is 96.6 Å². The number of hydroxylamine groups is 1. The first-order valence-corrected chi connectivity index (χ1v) is 9.23. The fourth-order valence-corrected chi connectivity index (χ4v) is 3.70. The summed E-state index contributed by atoms with van der Waals surface area (Å²) in [6.07, 6.45) is 4.86. The van der Waals surface area contributed by atoms with Crippen molar-refractivity contribution in [3.63, 3.8) is 0 Å². The van der Waals surface area contributed by atoms with Gasteiger partial charge >= 0.3 is 0 Å². The van der Waals surface area contributed by atoms with Gasteiger partial charge in [-0.15, -0.1) is 0 Å². The highest BCUT2D eigenvalue weighted by Crippen LogP contribution is 2.37. The van der Waals surface area contributed by atoms with Crippen LogP contribution in [0.25, 0.3) is 6.08 Å². The summed E-state index contributed by atoms with van der Waals surface area (Å²) in [5.74, 6) is -0.560. The van der Waals surface area contributed by atoms with Crippen LogP contribution < -0.4 is 5.48 Å². The molecule has 144 valence electrons. The van der Waals surface area contributed by atoms with E-state index < -0.39 is 5.91 Å². The number of rotatable bonds is 7. The van der Waals surface area contributed by atoms with Gasteiger partial charge in [-0.05, 0) is 53.3 Å². The third-order valence-electron chi connectivity index (χ3n) is 5.05. The van der Waals surface area contributed by atoms with Crippen LogP contribution in [0.15, 0.2) is 48.5 Å². The summed E-state index contributed by atoms with van der Waals surface area (Å²) in [6, 6.07) is 16.0. The van der Waals surface area contributed by atoms with Crippen molar-refractivity contribution in [2.75, 3.05) is 13.2 Å². The van der Waals surface area contributed by atoms with Crippen LogP contribution >= 0.6 is 0 Å². The van der Waals surface area contributed by atoms with Gasteiger partial charge in [0.25, 0.3) is 5.91 Å². The monoisotopic (exact) mass is 377 g/mol. The first-order valence-electron chi connectivity index (χ1n) is 9.23. The van der Waals surface area contributed by atoms with Crippen molar-refractivity contribution in [1.29, 1.82) is 5.26 Å². The molecule has 0 radical (unpaired) electrons. The Kier molecular flexibility index (Phi) is 6.56. The molecule has 1 aliphatic carbocycles. The van der Waals surface area contributed by atoms with Gasteiger partial charge in [0.2, 0.25) is 0 Å². The van der Waals surface area contributed by atoms with E-state index in [1.54, 1.807) is 11.6 Å². The van der Waals surface area contributed by atoms with Crippen molar-refractivity contribution in [1.82, 2.24) is 10.4 Å². The van der Waals surface area contributed by atoms with E-state index in [0.717, 1.165) is 24.0 Å². The Labute approximate surface area is 164 Å². The van der Waals surface area contributed by atoms with Crippen LogP contribution in [-0.2, 0) is 17.8 Å². The van der Waals surface area contributed by atoms with E-state index in [-0.39, 0.29) is 12.6 Å². The Balaban J connectivity index is 1.77. The number of benzene rings is 2. The smallest absolute Gasteiger partial charge is 0.267 e. The summed E-state index contributed by atoms with van der Waals surface area (Å²) in [7, 11) is 0. The summed E-state index contributed by atoms with van der Waals surface area (Å²) < 4.78 is 0. The highest BCUT2D eigenvalue weighted by atomic mass is 16.5. The number of carbonyl (C=O) groups excluding carboxylic acids is 1. The molecule has 2 aromatic rings. The van der Waals surface area contributed by atoms with E-state index in [1.807, 2.05) is 30.3 Å². The van der Waals surface area contributed by atoms with Crippen molar-refractivity contribution in [2.24, 2.45) is 0 Å². The molecule has 0 saturated heterocycles. The molecule has 3 N–H and O–H groups in total.